The van der Waals surface area contributed by atoms with Crippen molar-refractivity contribution in [1.82, 2.24) is 0 Å². The van der Waals surface area contributed by atoms with Crippen molar-refractivity contribution < 1.29 is 23.0 Å². The maximum absolute atomic E-state index is 12.4. The number of carbonyl (C=O) groups is 1. The molecule has 0 aliphatic heterocycles. The third-order valence-electron chi connectivity index (χ3n) is 3.12. The van der Waals surface area contributed by atoms with Crippen LogP contribution < -0.4 is 14.8 Å². The molecule has 1 amide bonds. The summed E-state index contributed by atoms with van der Waals surface area (Å²) in [6.45, 7) is 0.899. The number of hydrogen-bond donors (Lipinski definition) is 1. The van der Waals surface area contributed by atoms with Gasteiger partial charge in [-0.3, -0.25) is 4.79 Å². The van der Waals surface area contributed by atoms with Gasteiger partial charge < -0.3 is 14.8 Å². The molecule has 6 heteroatoms. The molecule has 0 aliphatic rings. The fourth-order valence-electron chi connectivity index (χ4n) is 2.02. The molecule has 0 spiro atoms. The molecule has 0 heterocycles. The summed E-state index contributed by atoms with van der Waals surface area (Å²) >= 11 is 0. The number of ether oxygens (including phenoxy) is 2. The topological polar surface area (TPSA) is 47.6 Å². The van der Waals surface area contributed by atoms with Crippen LogP contribution in [0.2, 0.25) is 0 Å². The second-order valence-corrected chi connectivity index (χ2v) is 4.74. The van der Waals surface area contributed by atoms with E-state index < -0.39 is 6.61 Å². The Kier molecular flexibility index (Phi) is 5.51. The summed E-state index contributed by atoms with van der Waals surface area (Å²) in [7, 11) is 0. The highest BCUT2D eigenvalue weighted by Gasteiger charge is 2.15. The summed E-state index contributed by atoms with van der Waals surface area (Å²) in [5.74, 6) is -0.358. The van der Waals surface area contributed by atoms with E-state index in [9.17, 15) is 13.6 Å². The Morgan fingerprint density at radius 2 is 1.91 bits per heavy atom. The maximum atomic E-state index is 12.4. The minimum atomic E-state index is -2.96. The molecule has 0 bridgehead atoms. The van der Waals surface area contributed by atoms with Gasteiger partial charge in [0.1, 0.15) is 0 Å². The molecule has 2 rings (SSSR count). The zero-order valence-corrected chi connectivity index (χ0v) is 12.8. The van der Waals surface area contributed by atoms with Crippen molar-refractivity contribution in [2.45, 2.75) is 20.5 Å². The van der Waals surface area contributed by atoms with Gasteiger partial charge in [0.25, 0.3) is 5.91 Å². The van der Waals surface area contributed by atoms with Gasteiger partial charge in [-0.2, -0.15) is 8.78 Å². The van der Waals surface area contributed by atoms with E-state index in [0.717, 1.165) is 5.56 Å². The molecule has 0 radical (unpaired) electrons. The largest absolute Gasteiger partial charge is 0.490 e. The fourth-order valence-corrected chi connectivity index (χ4v) is 2.02. The average Bonchev–Trinajstić information content (AvgIpc) is 2.51. The third-order valence-corrected chi connectivity index (χ3v) is 3.12. The maximum Gasteiger partial charge on any atom is 0.387 e. The lowest BCUT2D eigenvalue weighted by Crippen LogP contribution is -2.13. The molecule has 0 aliphatic carbocycles. The van der Waals surface area contributed by atoms with Crippen molar-refractivity contribution in [2.75, 3.05) is 11.9 Å². The van der Waals surface area contributed by atoms with Gasteiger partial charge >= 0.3 is 6.61 Å². The first-order valence-electron chi connectivity index (χ1n) is 7.10. The van der Waals surface area contributed by atoms with Crippen molar-refractivity contribution >= 4 is 11.6 Å². The van der Waals surface area contributed by atoms with Crippen LogP contribution in [-0.2, 0) is 0 Å². The molecule has 2 aromatic rings. The summed E-state index contributed by atoms with van der Waals surface area (Å²) < 4.78 is 34.4. The van der Waals surface area contributed by atoms with Crippen molar-refractivity contribution in [2.24, 2.45) is 0 Å². The molecule has 0 fully saturated rings. The van der Waals surface area contributed by atoms with Gasteiger partial charge in [0, 0.05) is 11.3 Å². The number of hydrogen-bond acceptors (Lipinski definition) is 3. The van der Waals surface area contributed by atoms with E-state index in [1.165, 1.54) is 18.2 Å². The Morgan fingerprint density at radius 3 is 2.57 bits per heavy atom. The number of anilines is 1. The normalized spacial score (nSPS) is 10.5. The summed E-state index contributed by atoms with van der Waals surface area (Å²) in [5, 5.41) is 2.77. The van der Waals surface area contributed by atoms with Gasteiger partial charge in [0.15, 0.2) is 11.5 Å². The highest BCUT2D eigenvalue weighted by molar-refractivity contribution is 6.05. The highest BCUT2D eigenvalue weighted by atomic mass is 19.3. The fraction of sp³-hybridized carbons (Fsp3) is 0.235. The monoisotopic (exact) mass is 321 g/mol. The predicted octanol–water partition coefficient (Wildman–Crippen LogP) is 4.25. The van der Waals surface area contributed by atoms with Crippen LogP contribution in [0.5, 0.6) is 11.5 Å². The van der Waals surface area contributed by atoms with Crippen LogP contribution in [0.3, 0.4) is 0 Å². The van der Waals surface area contributed by atoms with Crippen molar-refractivity contribution in [3.63, 3.8) is 0 Å². The number of benzene rings is 2. The van der Waals surface area contributed by atoms with E-state index in [-0.39, 0.29) is 24.0 Å². The van der Waals surface area contributed by atoms with Gasteiger partial charge in [-0.1, -0.05) is 18.2 Å². The van der Waals surface area contributed by atoms with Gasteiger partial charge in [0.2, 0.25) is 0 Å². The number of rotatable bonds is 6. The molecule has 0 saturated heterocycles. The third kappa shape index (κ3) is 4.42. The number of para-hydroxylation sites is 1. The van der Waals surface area contributed by atoms with Crippen LogP contribution in [0.4, 0.5) is 14.5 Å². The summed E-state index contributed by atoms with van der Waals surface area (Å²) in [6.07, 6.45) is 0. The highest BCUT2D eigenvalue weighted by Crippen LogP contribution is 2.30. The standard InChI is InChI=1S/C17H17F2NO3/c1-3-22-15-10-12(8-9-14(15)23-17(18)19)16(21)20-13-7-5-4-6-11(13)2/h4-10,17H,3H2,1-2H3,(H,20,21). The minimum absolute atomic E-state index is 0.102. The van der Waals surface area contributed by atoms with Crippen LogP contribution in [0.25, 0.3) is 0 Å². The van der Waals surface area contributed by atoms with Gasteiger partial charge in [-0.05, 0) is 43.7 Å². The Morgan fingerprint density at radius 1 is 1.17 bits per heavy atom. The van der Waals surface area contributed by atoms with E-state index in [1.807, 2.05) is 25.1 Å². The van der Waals surface area contributed by atoms with Crippen LogP contribution in [0, 0.1) is 6.92 Å². The van der Waals surface area contributed by atoms with Crippen LogP contribution in [-0.4, -0.2) is 19.1 Å². The summed E-state index contributed by atoms with van der Waals surface area (Å²) in [6, 6.07) is 11.4. The van der Waals surface area contributed by atoms with Crippen LogP contribution >= 0.6 is 0 Å². The average molecular weight is 321 g/mol. The number of nitrogens with one attached hydrogen (secondary N) is 1. The molecule has 4 nitrogen and oxygen atoms in total. The lowest BCUT2D eigenvalue weighted by molar-refractivity contribution is -0.0514. The van der Waals surface area contributed by atoms with Gasteiger partial charge in [0.05, 0.1) is 6.61 Å². The second-order valence-electron chi connectivity index (χ2n) is 4.74. The van der Waals surface area contributed by atoms with E-state index in [1.54, 1.807) is 13.0 Å². The smallest absolute Gasteiger partial charge is 0.387 e. The first kappa shape index (κ1) is 16.7. The lowest BCUT2D eigenvalue weighted by Gasteiger charge is -2.13. The molecule has 0 aromatic heterocycles. The quantitative estimate of drug-likeness (QED) is 0.865. The number of amides is 1. The van der Waals surface area contributed by atoms with E-state index in [2.05, 4.69) is 10.1 Å². The van der Waals surface area contributed by atoms with E-state index >= 15 is 0 Å². The molecule has 1 N–H and O–H groups in total. The zero-order valence-electron chi connectivity index (χ0n) is 12.8. The number of halogens is 2. The van der Waals surface area contributed by atoms with Crippen molar-refractivity contribution in [3.05, 3.63) is 53.6 Å². The lowest BCUT2D eigenvalue weighted by atomic mass is 10.1. The Hall–Kier alpha value is -2.63. The number of aryl methyl sites for hydroxylation is 1. The zero-order chi connectivity index (χ0) is 16.8. The first-order valence-corrected chi connectivity index (χ1v) is 7.10. The summed E-state index contributed by atoms with van der Waals surface area (Å²) in [5.41, 5.74) is 1.89. The molecular weight excluding hydrogens is 304 g/mol. The predicted molar refractivity (Wildman–Crippen MR) is 83.4 cm³/mol. The van der Waals surface area contributed by atoms with Crippen LogP contribution in [0.15, 0.2) is 42.5 Å². The molecule has 23 heavy (non-hydrogen) atoms. The first-order chi connectivity index (χ1) is 11.0. The Balaban J connectivity index is 2.23. The molecule has 122 valence electrons. The minimum Gasteiger partial charge on any atom is -0.490 e. The molecule has 2 aromatic carbocycles. The molecule has 0 saturated carbocycles. The van der Waals surface area contributed by atoms with Crippen molar-refractivity contribution in [3.8, 4) is 11.5 Å². The van der Waals surface area contributed by atoms with Gasteiger partial charge in [-0.15, -0.1) is 0 Å². The number of carbonyl (C=O) groups excluding carboxylic acids is 1. The number of alkyl halides is 2. The SMILES string of the molecule is CCOc1cc(C(=O)Nc2ccccc2C)ccc1OC(F)F. The molecular formula is C17H17F2NO3. The molecule has 0 atom stereocenters. The second kappa shape index (κ2) is 7.58. The Bertz CT molecular complexity index is 689. The van der Waals surface area contributed by atoms with Crippen LogP contribution in [0.1, 0.15) is 22.8 Å². The van der Waals surface area contributed by atoms with Gasteiger partial charge in [-0.25, -0.2) is 0 Å². The molecule has 0 unspecified atom stereocenters. The van der Waals surface area contributed by atoms with E-state index in [4.69, 9.17) is 4.74 Å². The summed E-state index contributed by atoms with van der Waals surface area (Å²) in [4.78, 5) is 12.3. The van der Waals surface area contributed by atoms with E-state index in [0.29, 0.717) is 11.3 Å². The van der Waals surface area contributed by atoms with Crippen molar-refractivity contribution in [1.29, 1.82) is 0 Å². The Labute approximate surface area is 133 Å².